The van der Waals surface area contributed by atoms with Gasteiger partial charge in [-0.05, 0) is 43.2 Å². The van der Waals surface area contributed by atoms with Crippen LogP contribution in [0.2, 0.25) is 0 Å². The number of anilines is 1. The van der Waals surface area contributed by atoms with Gasteiger partial charge in [0.15, 0.2) is 0 Å². The second-order valence-corrected chi connectivity index (χ2v) is 4.57. The number of nitrogens with one attached hydrogen (secondary N) is 1. The molecule has 0 spiro atoms. The first-order valence-corrected chi connectivity index (χ1v) is 6.10. The average molecular weight is 248 g/mol. The highest BCUT2D eigenvalue weighted by Gasteiger charge is 2.29. The van der Waals surface area contributed by atoms with E-state index in [1.165, 1.54) is 12.1 Å². The number of aromatic nitrogens is 1. The maximum Gasteiger partial charge on any atom is 0.128 e. The highest BCUT2D eigenvalue weighted by molar-refractivity contribution is 5.44. The van der Waals surface area contributed by atoms with Gasteiger partial charge in [-0.1, -0.05) is 0 Å². The third kappa shape index (κ3) is 1.88. The van der Waals surface area contributed by atoms with Gasteiger partial charge >= 0.3 is 0 Å². The van der Waals surface area contributed by atoms with Crippen LogP contribution in [0.5, 0.6) is 0 Å². The van der Waals surface area contributed by atoms with Crippen LogP contribution < -0.4 is 4.90 Å². The highest BCUT2D eigenvalue weighted by Crippen LogP contribution is 2.36. The van der Waals surface area contributed by atoms with E-state index >= 15 is 0 Å². The predicted molar refractivity (Wildman–Crippen MR) is 66.5 cm³/mol. The summed E-state index contributed by atoms with van der Waals surface area (Å²) in [5.74, 6) is 0.241. The number of hydrogen-bond donors (Lipinski definition) is 1. The second-order valence-electron chi connectivity index (χ2n) is 4.57. The van der Waals surface area contributed by atoms with Crippen LogP contribution in [-0.4, -0.2) is 11.5 Å². The minimum absolute atomic E-state index is 0.0839. The van der Waals surface area contributed by atoms with Crippen LogP contribution in [0.25, 0.3) is 0 Å². The smallest absolute Gasteiger partial charge is 0.128 e. The molecule has 2 heterocycles. The maximum absolute atomic E-state index is 13.8. The van der Waals surface area contributed by atoms with E-state index in [1.54, 1.807) is 0 Å². The van der Waals surface area contributed by atoms with Crippen molar-refractivity contribution in [3.05, 3.63) is 53.7 Å². The molecule has 0 saturated carbocycles. The van der Waals surface area contributed by atoms with Gasteiger partial charge in [0.05, 0.1) is 6.04 Å². The van der Waals surface area contributed by atoms with Gasteiger partial charge in [-0.25, -0.2) is 8.78 Å². The fourth-order valence-electron chi connectivity index (χ4n) is 2.65. The van der Waals surface area contributed by atoms with Crippen LogP contribution in [0.4, 0.5) is 14.6 Å². The zero-order chi connectivity index (χ0) is 12.5. The Kier molecular flexibility index (Phi) is 2.78. The van der Waals surface area contributed by atoms with Gasteiger partial charge in [-0.2, -0.15) is 0 Å². The number of aromatic amines is 1. The molecule has 1 aliphatic heterocycles. The van der Waals surface area contributed by atoms with E-state index in [2.05, 4.69) is 9.88 Å². The molecule has 0 aliphatic carbocycles. The number of hydrogen-bond acceptors (Lipinski definition) is 1. The SMILES string of the molecule is Fc1ccc(F)c(C2CCCN2c2ccc[nH]2)c1. The molecule has 1 fully saturated rings. The lowest BCUT2D eigenvalue weighted by Gasteiger charge is -2.26. The quantitative estimate of drug-likeness (QED) is 0.859. The number of H-pyrrole nitrogens is 1. The third-order valence-corrected chi connectivity index (χ3v) is 3.46. The normalized spacial score (nSPS) is 19.4. The van der Waals surface area contributed by atoms with Gasteiger partial charge in [0, 0.05) is 18.3 Å². The summed E-state index contributed by atoms with van der Waals surface area (Å²) in [4.78, 5) is 5.22. The first-order chi connectivity index (χ1) is 8.75. The fraction of sp³-hybridized carbons (Fsp3) is 0.286. The van der Waals surface area contributed by atoms with Crippen molar-refractivity contribution in [1.82, 2.24) is 4.98 Å². The second kappa shape index (κ2) is 4.44. The molecule has 1 aromatic heterocycles. The van der Waals surface area contributed by atoms with E-state index < -0.39 is 0 Å². The summed E-state index contributed by atoms with van der Waals surface area (Å²) in [5.41, 5.74) is 0.446. The molecule has 4 heteroatoms. The molecule has 2 aromatic rings. The van der Waals surface area contributed by atoms with Gasteiger partial charge in [-0.15, -0.1) is 0 Å². The van der Waals surface area contributed by atoms with Crippen molar-refractivity contribution in [1.29, 1.82) is 0 Å². The van der Waals surface area contributed by atoms with E-state index in [0.29, 0.717) is 5.56 Å². The number of nitrogens with zero attached hydrogens (tertiary/aromatic N) is 1. The number of benzene rings is 1. The largest absolute Gasteiger partial charge is 0.351 e. The Balaban J connectivity index is 1.97. The van der Waals surface area contributed by atoms with Gasteiger partial charge < -0.3 is 9.88 Å². The minimum atomic E-state index is -0.385. The van der Waals surface area contributed by atoms with Crippen LogP contribution in [0, 0.1) is 11.6 Å². The standard InChI is InChI=1S/C14H14F2N2/c15-10-5-6-12(16)11(9-10)13-3-2-8-18(13)14-4-1-7-17-14/h1,4-7,9,13,17H,2-3,8H2. The van der Waals surface area contributed by atoms with Crippen molar-refractivity contribution < 1.29 is 8.78 Å². The van der Waals surface area contributed by atoms with Crippen LogP contribution in [0.3, 0.4) is 0 Å². The average Bonchev–Trinajstić information content (AvgIpc) is 3.00. The van der Waals surface area contributed by atoms with Gasteiger partial charge in [0.25, 0.3) is 0 Å². The zero-order valence-corrected chi connectivity index (χ0v) is 9.87. The molecular formula is C14H14F2N2. The Labute approximate surface area is 104 Å². The highest BCUT2D eigenvalue weighted by atomic mass is 19.1. The van der Waals surface area contributed by atoms with Crippen LogP contribution in [0.15, 0.2) is 36.5 Å². The third-order valence-electron chi connectivity index (χ3n) is 3.46. The van der Waals surface area contributed by atoms with Crippen molar-refractivity contribution in [3.8, 4) is 0 Å². The molecule has 0 amide bonds. The summed E-state index contributed by atoms with van der Waals surface area (Å²) in [5, 5.41) is 0. The minimum Gasteiger partial charge on any atom is -0.351 e. The Morgan fingerprint density at radius 3 is 2.89 bits per heavy atom. The molecule has 0 bridgehead atoms. The Morgan fingerprint density at radius 1 is 1.22 bits per heavy atom. The summed E-state index contributed by atoms with van der Waals surface area (Å²) >= 11 is 0. The molecule has 1 saturated heterocycles. The van der Waals surface area contributed by atoms with Crippen molar-refractivity contribution in [3.63, 3.8) is 0 Å². The Morgan fingerprint density at radius 2 is 2.11 bits per heavy atom. The van der Waals surface area contributed by atoms with Gasteiger partial charge in [-0.3, -0.25) is 0 Å². The fourth-order valence-corrected chi connectivity index (χ4v) is 2.65. The zero-order valence-electron chi connectivity index (χ0n) is 9.87. The lowest BCUT2D eigenvalue weighted by Crippen LogP contribution is -2.23. The predicted octanol–water partition coefficient (Wildman–Crippen LogP) is 3.63. The van der Waals surface area contributed by atoms with E-state index in [-0.39, 0.29) is 17.7 Å². The molecule has 1 N–H and O–H groups in total. The lowest BCUT2D eigenvalue weighted by atomic mass is 10.0. The first-order valence-electron chi connectivity index (χ1n) is 6.10. The van der Waals surface area contributed by atoms with Crippen LogP contribution in [-0.2, 0) is 0 Å². The van der Waals surface area contributed by atoms with Crippen LogP contribution >= 0.6 is 0 Å². The Hall–Kier alpha value is -1.84. The van der Waals surface area contributed by atoms with E-state index in [0.717, 1.165) is 31.3 Å². The molecule has 1 atom stereocenters. The van der Waals surface area contributed by atoms with Gasteiger partial charge in [0.2, 0.25) is 0 Å². The van der Waals surface area contributed by atoms with Crippen molar-refractivity contribution in [2.24, 2.45) is 0 Å². The first kappa shape index (κ1) is 11.3. The number of halogens is 2. The molecule has 1 aliphatic rings. The van der Waals surface area contributed by atoms with Crippen molar-refractivity contribution in [2.75, 3.05) is 11.4 Å². The van der Waals surface area contributed by atoms with Crippen molar-refractivity contribution >= 4 is 5.82 Å². The summed E-state index contributed by atoms with van der Waals surface area (Å²) < 4.78 is 27.1. The summed E-state index contributed by atoms with van der Waals surface area (Å²) in [6.07, 6.45) is 3.67. The Bertz CT molecular complexity index is 537. The summed E-state index contributed by atoms with van der Waals surface area (Å²) in [7, 11) is 0. The molecule has 3 rings (SSSR count). The van der Waals surface area contributed by atoms with E-state index in [4.69, 9.17) is 0 Å². The summed E-state index contributed by atoms with van der Waals surface area (Å²) in [6.45, 7) is 0.862. The van der Waals surface area contributed by atoms with E-state index in [9.17, 15) is 8.78 Å². The lowest BCUT2D eigenvalue weighted by molar-refractivity contribution is 0.560. The number of rotatable bonds is 2. The molecule has 2 nitrogen and oxygen atoms in total. The molecule has 94 valence electrons. The topological polar surface area (TPSA) is 19.0 Å². The molecule has 18 heavy (non-hydrogen) atoms. The summed E-state index contributed by atoms with van der Waals surface area (Å²) in [6, 6.07) is 7.45. The van der Waals surface area contributed by atoms with Crippen LogP contribution in [0.1, 0.15) is 24.4 Å². The molecular weight excluding hydrogens is 234 g/mol. The molecule has 1 aromatic carbocycles. The van der Waals surface area contributed by atoms with Gasteiger partial charge in [0.1, 0.15) is 17.5 Å². The monoisotopic (exact) mass is 248 g/mol. The van der Waals surface area contributed by atoms with Crippen molar-refractivity contribution in [2.45, 2.75) is 18.9 Å². The molecule has 0 radical (unpaired) electrons. The molecule has 1 unspecified atom stereocenters. The maximum atomic E-state index is 13.8. The van der Waals surface area contributed by atoms with E-state index in [1.807, 2.05) is 18.3 Å².